The van der Waals surface area contributed by atoms with Crippen LogP contribution in [0.15, 0.2) is 108 Å². The van der Waals surface area contributed by atoms with E-state index in [1.54, 1.807) is 11.1 Å². The number of hydrogen-bond acceptors (Lipinski definition) is 0. The summed E-state index contributed by atoms with van der Waals surface area (Å²) in [6.07, 6.45) is 29.0. The summed E-state index contributed by atoms with van der Waals surface area (Å²) in [5.41, 5.74) is 14.5. The molecule has 2 unspecified atom stereocenters. The number of allylic oxidation sites excluding steroid dienone is 2. The molecule has 0 aliphatic heterocycles. The monoisotopic (exact) mass is 905 g/mol. The topological polar surface area (TPSA) is 0 Å². The van der Waals surface area contributed by atoms with Crippen LogP contribution >= 0.6 is 17.0 Å². The van der Waals surface area contributed by atoms with Gasteiger partial charge in [0.2, 0.25) is 0 Å². The van der Waals surface area contributed by atoms with Crippen LogP contribution in [-0.2, 0) is 15.6 Å². The number of halogens is 2. The van der Waals surface area contributed by atoms with E-state index in [1.165, 1.54) is 147 Å². The minimum absolute atomic E-state index is 0.104. The van der Waals surface area contributed by atoms with Gasteiger partial charge < -0.3 is 0 Å². The van der Waals surface area contributed by atoms with Gasteiger partial charge in [-0.3, -0.25) is 0 Å². The third-order valence-electron chi connectivity index (χ3n) is 15.6. The van der Waals surface area contributed by atoms with Crippen molar-refractivity contribution < 1.29 is 15.6 Å². The molecular weight excluding hydrogens is 839 g/mol. The fraction of sp³-hybridized carbons (Fsp3) is 0.481. The molecule has 0 saturated heterocycles. The molecule has 2 saturated carbocycles. The zero-order valence-corrected chi connectivity index (χ0v) is 41.2. The second-order valence-electron chi connectivity index (χ2n) is 20.3. The maximum absolute atomic E-state index is 9.23. The summed E-state index contributed by atoms with van der Waals surface area (Å²) in [5, 5.41) is 0. The van der Waals surface area contributed by atoms with Crippen molar-refractivity contribution in [2.45, 2.75) is 150 Å². The molecule has 0 amide bonds. The van der Waals surface area contributed by atoms with Crippen molar-refractivity contribution in [3.8, 4) is 22.3 Å². The molecule has 0 spiro atoms. The van der Waals surface area contributed by atoms with Crippen molar-refractivity contribution in [2.75, 3.05) is 0 Å². The van der Waals surface area contributed by atoms with Crippen LogP contribution in [-0.4, -0.2) is 5.92 Å². The second kappa shape index (κ2) is 17.8. The molecule has 4 aromatic carbocycles. The van der Waals surface area contributed by atoms with Gasteiger partial charge in [-0.25, -0.2) is 0 Å². The molecule has 58 heavy (non-hydrogen) atoms. The van der Waals surface area contributed by atoms with Gasteiger partial charge in [-0.1, -0.05) is 0 Å². The Labute approximate surface area is 361 Å². The number of benzene rings is 4. The van der Waals surface area contributed by atoms with Gasteiger partial charge in [-0.05, 0) is 0 Å². The Balaban J connectivity index is 1.33. The van der Waals surface area contributed by atoms with Gasteiger partial charge in [-0.2, -0.15) is 0 Å². The van der Waals surface area contributed by atoms with E-state index in [9.17, 15) is 17.0 Å². The first-order valence-corrected chi connectivity index (χ1v) is 39.7. The van der Waals surface area contributed by atoms with E-state index >= 15 is 0 Å². The molecule has 0 nitrogen and oxygen atoms in total. The molecule has 0 aromatic heterocycles. The van der Waals surface area contributed by atoms with Crippen LogP contribution < -0.4 is 0 Å². The Bertz CT molecular complexity index is 1950. The van der Waals surface area contributed by atoms with Crippen molar-refractivity contribution in [3.05, 3.63) is 130 Å². The molecule has 0 bridgehead atoms. The number of fused-ring (bicyclic) bond motifs is 2. The fourth-order valence-corrected chi connectivity index (χ4v) is 43.6. The third kappa shape index (κ3) is 8.46. The van der Waals surface area contributed by atoms with Gasteiger partial charge in [-0.15, -0.1) is 0 Å². The summed E-state index contributed by atoms with van der Waals surface area (Å²) in [5.74, 6) is -1.74. The molecule has 8 rings (SSSR count). The summed E-state index contributed by atoms with van der Waals surface area (Å²) in [6.45, 7) is 10.4. The third-order valence-corrected chi connectivity index (χ3v) is 67.4. The molecule has 2 atom stereocenters. The quantitative estimate of drug-likeness (QED) is 0.147. The van der Waals surface area contributed by atoms with Crippen LogP contribution in [0.25, 0.3) is 34.4 Å². The average molecular weight is 908 g/mol. The van der Waals surface area contributed by atoms with Crippen LogP contribution in [0.1, 0.15) is 159 Å². The van der Waals surface area contributed by atoms with Crippen LogP contribution in [0.2, 0.25) is 13.1 Å². The minimum atomic E-state index is -5.09. The zero-order valence-electron chi connectivity index (χ0n) is 36.1. The van der Waals surface area contributed by atoms with Gasteiger partial charge in [0.1, 0.15) is 0 Å². The van der Waals surface area contributed by atoms with Gasteiger partial charge >= 0.3 is 364 Å². The van der Waals surface area contributed by atoms with Crippen molar-refractivity contribution in [3.63, 3.8) is 0 Å². The molecule has 0 radical (unpaired) electrons. The molecule has 0 heterocycles. The van der Waals surface area contributed by atoms with Crippen LogP contribution in [0.3, 0.4) is 0 Å². The normalized spacial score (nSPS) is 23.1. The van der Waals surface area contributed by atoms with Crippen molar-refractivity contribution >= 4 is 35.1 Å². The standard InChI is InChI=1S/2C26H31.C2H7Si.2ClH.Zr/c2*1-26(16-9-4-2-3-5-10-17-26)20-21-18-23-14-11-15-24(25(23)19-21)22-12-7-6-8-13-22;1-3-2;;;/h2*6-8,11-15,18-19H,2-5,9-10,16-17,20H2,1H3;3H,1-2H3;2*1H;/q;;;;;+2/p-2. The first kappa shape index (κ1) is 42.7. The van der Waals surface area contributed by atoms with Gasteiger partial charge in [0, 0.05) is 0 Å². The van der Waals surface area contributed by atoms with Crippen LogP contribution in [0, 0.1) is 10.8 Å². The number of hydrogen-bond donors (Lipinski definition) is 0. The SMILES string of the molecule is C[SiH](C)[Zr]([Cl])([Cl])([CH]1C(CC2(C)CCCCCCCC2)=Cc2c(-c3ccccc3)cccc21)[CH]1C(CC2(C)CCCCCCCC2)=Cc2c(-c3ccccc3)cccc21. The van der Waals surface area contributed by atoms with Crippen molar-refractivity contribution in [2.24, 2.45) is 10.8 Å². The van der Waals surface area contributed by atoms with E-state index in [0.717, 1.165) is 12.8 Å². The second-order valence-corrected chi connectivity index (χ2v) is 62.8. The van der Waals surface area contributed by atoms with E-state index in [4.69, 9.17) is 0 Å². The van der Waals surface area contributed by atoms with E-state index in [0.29, 0.717) is 0 Å². The van der Waals surface area contributed by atoms with E-state index in [2.05, 4.69) is 136 Å². The molecule has 4 heteroatoms. The van der Waals surface area contributed by atoms with E-state index in [1.807, 2.05) is 0 Å². The van der Waals surface area contributed by atoms with Crippen LogP contribution in [0.4, 0.5) is 0 Å². The summed E-state index contributed by atoms with van der Waals surface area (Å²) in [7, 11) is 18.5. The number of rotatable bonds is 9. The van der Waals surface area contributed by atoms with E-state index in [-0.39, 0.29) is 18.1 Å². The maximum atomic E-state index is 9.23. The Kier molecular flexibility index (Phi) is 13.1. The Hall–Kier alpha value is -1.96. The first-order valence-electron chi connectivity index (χ1n) is 23.3. The van der Waals surface area contributed by atoms with Crippen molar-refractivity contribution in [1.29, 1.82) is 0 Å². The Morgan fingerprint density at radius 3 is 1.17 bits per heavy atom. The molecule has 4 aromatic rings. The Morgan fingerprint density at radius 2 is 0.828 bits per heavy atom. The summed E-state index contributed by atoms with van der Waals surface area (Å²) < 4.78 is 0.209. The van der Waals surface area contributed by atoms with Crippen molar-refractivity contribution in [1.82, 2.24) is 0 Å². The molecule has 4 aliphatic carbocycles. The summed E-state index contributed by atoms with van der Waals surface area (Å²) in [4.78, 5) is 0. The molecule has 4 aliphatic rings. The predicted molar refractivity (Wildman–Crippen MR) is 255 cm³/mol. The molecule has 307 valence electrons. The predicted octanol–water partition coefficient (Wildman–Crippen LogP) is 17.6. The van der Waals surface area contributed by atoms with Gasteiger partial charge in [0.15, 0.2) is 0 Å². The van der Waals surface area contributed by atoms with E-state index < -0.39 is 21.5 Å². The first-order chi connectivity index (χ1) is 28.0. The molecular formula is C54H69Cl2SiZr. The Morgan fingerprint density at radius 1 is 0.483 bits per heavy atom. The summed E-state index contributed by atoms with van der Waals surface area (Å²) >= 11 is -5.09. The van der Waals surface area contributed by atoms with Gasteiger partial charge in [0.05, 0.1) is 0 Å². The zero-order chi connectivity index (χ0) is 40.4. The molecule has 2 fully saturated rings. The fourth-order valence-electron chi connectivity index (χ4n) is 12.3. The van der Waals surface area contributed by atoms with Crippen LogP contribution in [0.5, 0.6) is 0 Å². The molecule has 0 N–H and O–H groups in total. The van der Waals surface area contributed by atoms with Gasteiger partial charge in [0.25, 0.3) is 0 Å². The summed E-state index contributed by atoms with van der Waals surface area (Å²) in [6, 6.07) is 36.5. The average Bonchev–Trinajstić information content (AvgIpc) is 3.83.